The van der Waals surface area contributed by atoms with Gasteiger partial charge in [-0.25, -0.2) is 0 Å². The Kier molecular flexibility index (Phi) is 4.75. The molecule has 0 N–H and O–H groups in total. The van der Waals surface area contributed by atoms with E-state index in [1.807, 2.05) is 0 Å². The Morgan fingerprint density at radius 3 is 2.00 bits per heavy atom. The van der Waals surface area contributed by atoms with Crippen molar-refractivity contribution in [2.45, 2.75) is 18.8 Å². The molecule has 0 saturated heterocycles. The number of rotatable bonds is 3. The highest BCUT2D eigenvalue weighted by Crippen LogP contribution is 2.56. The minimum absolute atomic E-state index is 0.0979. The molecule has 2 aliphatic rings. The van der Waals surface area contributed by atoms with E-state index < -0.39 is 0 Å². The standard InChI is InChI=1S/C37H28N2/c1-37-25-27(22-23-36(37)39(28-13-3-2-4-14-28)35-21-10-7-18-32(35)37)26-12-11-15-29(24-26)38-33-19-8-5-16-30(33)31-17-6-9-20-34(31)38/h2-24H,25H2,1H3/t37-/m1/s1. The second-order valence-electron chi connectivity index (χ2n) is 10.9. The van der Waals surface area contributed by atoms with Gasteiger partial charge in [0.05, 0.1) is 11.0 Å². The highest BCUT2D eigenvalue weighted by molar-refractivity contribution is 6.09. The topological polar surface area (TPSA) is 8.17 Å². The zero-order chi connectivity index (χ0) is 26.0. The smallest absolute Gasteiger partial charge is 0.0541 e. The molecule has 39 heavy (non-hydrogen) atoms. The van der Waals surface area contributed by atoms with Gasteiger partial charge in [-0.15, -0.1) is 0 Å². The maximum absolute atomic E-state index is 2.44. The van der Waals surface area contributed by atoms with Crippen molar-refractivity contribution in [2.24, 2.45) is 0 Å². The fourth-order valence-electron chi connectivity index (χ4n) is 6.81. The number of benzene rings is 5. The molecular formula is C37H28N2. The lowest BCUT2D eigenvalue weighted by Crippen LogP contribution is -2.28. The maximum atomic E-state index is 2.44. The number of aromatic nitrogens is 1. The second kappa shape index (κ2) is 8.34. The van der Waals surface area contributed by atoms with Gasteiger partial charge in [0.15, 0.2) is 0 Å². The molecule has 2 heteroatoms. The molecule has 0 amide bonds. The lowest BCUT2D eigenvalue weighted by atomic mass is 9.72. The minimum atomic E-state index is -0.0979. The highest BCUT2D eigenvalue weighted by atomic mass is 15.2. The number of nitrogens with zero attached hydrogens (tertiary/aromatic N) is 2. The summed E-state index contributed by atoms with van der Waals surface area (Å²) in [6.45, 7) is 2.41. The van der Waals surface area contributed by atoms with Crippen LogP contribution >= 0.6 is 0 Å². The first-order valence-electron chi connectivity index (χ1n) is 13.7. The zero-order valence-corrected chi connectivity index (χ0v) is 21.9. The van der Waals surface area contributed by atoms with Gasteiger partial charge in [0.2, 0.25) is 0 Å². The molecular weight excluding hydrogens is 472 g/mol. The fraction of sp³-hybridized carbons (Fsp3) is 0.0811. The Morgan fingerprint density at radius 2 is 1.23 bits per heavy atom. The third-order valence-electron chi connectivity index (χ3n) is 8.60. The molecule has 5 aromatic carbocycles. The van der Waals surface area contributed by atoms with Crippen molar-refractivity contribution in [1.29, 1.82) is 0 Å². The van der Waals surface area contributed by atoms with Crippen LogP contribution in [0.25, 0.3) is 33.1 Å². The van der Waals surface area contributed by atoms with Crippen LogP contribution in [-0.4, -0.2) is 4.57 Å². The molecule has 0 fully saturated rings. The molecule has 0 bridgehead atoms. The molecule has 1 aromatic heterocycles. The maximum Gasteiger partial charge on any atom is 0.0541 e. The minimum Gasteiger partial charge on any atom is -0.313 e. The summed E-state index contributed by atoms with van der Waals surface area (Å²) in [5.41, 5.74) is 11.5. The van der Waals surface area contributed by atoms with Crippen molar-refractivity contribution in [2.75, 3.05) is 4.90 Å². The van der Waals surface area contributed by atoms with Gasteiger partial charge in [0, 0.05) is 38.9 Å². The number of para-hydroxylation sites is 4. The first kappa shape index (κ1) is 22.2. The van der Waals surface area contributed by atoms with E-state index in [0.717, 1.165) is 6.42 Å². The molecule has 1 aliphatic carbocycles. The summed E-state index contributed by atoms with van der Waals surface area (Å²) in [5.74, 6) is 0. The number of hydrogen-bond acceptors (Lipinski definition) is 1. The lowest BCUT2D eigenvalue weighted by Gasteiger charge is -2.34. The summed E-state index contributed by atoms with van der Waals surface area (Å²) in [4.78, 5) is 2.44. The van der Waals surface area contributed by atoms with Crippen LogP contribution in [0.3, 0.4) is 0 Å². The average molecular weight is 501 g/mol. The van der Waals surface area contributed by atoms with Gasteiger partial charge in [-0.1, -0.05) is 91.0 Å². The molecule has 2 nitrogen and oxygen atoms in total. The summed E-state index contributed by atoms with van der Waals surface area (Å²) in [6, 6.07) is 46.1. The van der Waals surface area contributed by atoms with Crippen molar-refractivity contribution in [1.82, 2.24) is 4.57 Å². The third-order valence-corrected chi connectivity index (χ3v) is 8.60. The molecule has 2 heterocycles. The molecule has 6 aromatic rings. The summed E-state index contributed by atoms with van der Waals surface area (Å²) < 4.78 is 2.41. The molecule has 0 radical (unpaired) electrons. The van der Waals surface area contributed by atoms with Crippen LogP contribution in [0.5, 0.6) is 0 Å². The van der Waals surface area contributed by atoms with Crippen LogP contribution in [-0.2, 0) is 5.41 Å². The van der Waals surface area contributed by atoms with Crippen molar-refractivity contribution in [3.8, 4) is 5.69 Å². The number of anilines is 2. The molecule has 186 valence electrons. The molecule has 0 unspecified atom stereocenters. The molecule has 1 aliphatic heterocycles. The van der Waals surface area contributed by atoms with Gasteiger partial charge in [0.25, 0.3) is 0 Å². The monoisotopic (exact) mass is 500 g/mol. The fourth-order valence-corrected chi connectivity index (χ4v) is 6.81. The van der Waals surface area contributed by atoms with Crippen LogP contribution in [0.15, 0.2) is 145 Å². The van der Waals surface area contributed by atoms with Crippen LogP contribution in [0, 0.1) is 0 Å². The van der Waals surface area contributed by atoms with E-state index >= 15 is 0 Å². The van der Waals surface area contributed by atoms with E-state index in [0.29, 0.717) is 0 Å². The summed E-state index contributed by atoms with van der Waals surface area (Å²) in [6.07, 6.45) is 5.64. The number of hydrogen-bond donors (Lipinski definition) is 0. The van der Waals surface area contributed by atoms with Gasteiger partial charge in [-0.2, -0.15) is 0 Å². The predicted octanol–water partition coefficient (Wildman–Crippen LogP) is 9.56. The first-order chi connectivity index (χ1) is 19.2. The van der Waals surface area contributed by atoms with Crippen molar-refractivity contribution in [3.05, 3.63) is 156 Å². The van der Waals surface area contributed by atoms with Crippen molar-refractivity contribution >= 4 is 38.8 Å². The van der Waals surface area contributed by atoms with Crippen molar-refractivity contribution in [3.63, 3.8) is 0 Å². The largest absolute Gasteiger partial charge is 0.313 e. The van der Waals surface area contributed by atoms with E-state index in [9.17, 15) is 0 Å². The Bertz CT molecular complexity index is 1900. The van der Waals surface area contributed by atoms with E-state index in [1.54, 1.807) is 0 Å². The average Bonchev–Trinajstić information content (AvgIpc) is 3.47. The SMILES string of the molecule is C[C@]12CC(c3cccc(-n4c5ccccc5c5ccccc54)c3)=CC=C1N(c1ccccc1)c1ccccc12. The van der Waals surface area contributed by atoms with Gasteiger partial charge < -0.3 is 9.47 Å². The third kappa shape index (κ3) is 3.21. The van der Waals surface area contributed by atoms with Crippen LogP contribution in [0.4, 0.5) is 11.4 Å². The highest BCUT2D eigenvalue weighted by Gasteiger charge is 2.45. The van der Waals surface area contributed by atoms with Gasteiger partial charge in [-0.05, 0) is 78.6 Å². The van der Waals surface area contributed by atoms with Crippen LogP contribution in [0.1, 0.15) is 24.5 Å². The molecule has 0 saturated carbocycles. The molecule has 1 atom stereocenters. The lowest BCUT2D eigenvalue weighted by molar-refractivity contribution is 0.586. The Hall–Kier alpha value is -4.82. The van der Waals surface area contributed by atoms with Gasteiger partial charge in [-0.3, -0.25) is 0 Å². The van der Waals surface area contributed by atoms with Crippen LogP contribution < -0.4 is 4.90 Å². The van der Waals surface area contributed by atoms with E-state index in [2.05, 4.69) is 156 Å². The Labute approximate surface area is 228 Å². The Balaban J connectivity index is 1.27. The summed E-state index contributed by atoms with van der Waals surface area (Å²) in [7, 11) is 0. The van der Waals surface area contributed by atoms with E-state index in [4.69, 9.17) is 0 Å². The van der Waals surface area contributed by atoms with Gasteiger partial charge in [0.1, 0.15) is 0 Å². The quantitative estimate of drug-likeness (QED) is 0.235. The predicted molar refractivity (Wildman–Crippen MR) is 164 cm³/mol. The molecule has 8 rings (SSSR count). The zero-order valence-electron chi connectivity index (χ0n) is 21.9. The Morgan fingerprint density at radius 1 is 0.590 bits per heavy atom. The number of fused-ring (bicyclic) bond motifs is 6. The first-order valence-corrected chi connectivity index (χ1v) is 13.7. The summed E-state index contributed by atoms with van der Waals surface area (Å²) in [5, 5.41) is 2.58. The van der Waals surface area contributed by atoms with E-state index in [-0.39, 0.29) is 5.41 Å². The second-order valence-corrected chi connectivity index (χ2v) is 10.9. The van der Waals surface area contributed by atoms with Gasteiger partial charge >= 0.3 is 0 Å². The van der Waals surface area contributed by atoms with Crippen LogP contribution in [0.2, 0.25) is 0 Å². The normalized spacial score (nSPS) is 18.1. The summed E-state index contributed by atoms with van der Waals surface area (Å²) >= 11 is 0. The van der Waals surface area contributed by atoms with Crippen molar-refractivity contribution < 1.29 is 0 Å². The molecule has 0 spiro atoms. The number of allylic oxidation sites excluding steroid dienone is 4. The van der Waals surface area contributed by atoms with E-state index in [1.165, 1.54) is 61.3 Å².